The van der Waals surface area contributed by atoms with Gasteiger partial charge in [-0.15, -0.1) is 10.2 Å². The van der Waals surface area contributed by atoms with Crippen LogP contribution in [0, 0.1) is 11.3 Å². The molecule has 2 heterocycles. The first-order chi connectivity index (χ1) is 10.1. The molecule has 3 rings (SSSR count). The Bertz CT molecular complexity index is 516. The molecule has 1 saturated heterocycles. The average molecular weight is 290 g/mol. The predicted molar refractivity (Wildman–Crippen MR) is 80.7 cm³/mol. The maximum absolute atomic E-state index is 12.7. The van der Waals surface area contributed by atoms with Crippen molar-refractivity contribution in [2.24, 2.45) is 18.4 Å². The summed E-state index contributed by atoms with van der Waals surface area (Å²) in [5.74, 6) is 1.93. The third-order valence-electron chi connectivity index (χ3n) is 5.70. The molecule has 1 aliphatic heterocycles. The first-order valence-electron chi connectivity index (χ1n) is 8.24. The molecule has 21 heavy (non-hydrogen) atoms. The minimum absolute atomic E-state index is 0.181. The fourth-order valence-corrected chi connectivity index (χ4v) is 4.13. The third-order valence-corrected chi connectivity index (χ3v) is 5.70. The van der Waals surface area contributed by atoms with Crippen LogP contribution in [0.1, 0.15) is 57.7 Å². The molecule has 1 aromatic rings. The van der Waals surface area contributed by atoms with Gasteiger partial charge in [0, 0.05) is 32.0 Å². The fourth-order valence-electron chi connectivity index (χ4n) is 4.13. The minimum atomic E-state index is 0.181. The van der Waals surface area contributed by atoms with E-state index in [1.165, 1.54) is 19.3 Å². The zero-order valence-corrected chi connectivity index (χ0v) is 13.4. The largest absolute Gasteiger partial charge is 0.341 e. The molecule has 1 aliphatic carbocycles. The number of likely N-dealkylation sites (tertiary alicyclic amines) is 1. The summed E-state index contributed by atoms with van der Waals surface area (Å²) in [6.07, 6.45) is 7.36. The van der Waals surface area contributed by atoms with Gasteiger partial charge in [0.25, 0.3) is 0 Å². The van der Waals surface area contributed by atoms with E-state index in [1.807, 2.05) is 11.6 Å². The topological polar surface area (TPSA) is 51.0 Å². The van der Waals surface area contributed by atoms with Crippen molar-refractivity contribution in [3.05, 3.63) is 12.2 Å². The van der Waals surface area contributed by atoms with E-state index in [1.54, 1.807) is 6.33 Å². The van der Waals surface area contributed by atoms with Crippen LogP contribution in [0.15, 0.2) is 6.33 Å². The molecule has 116 valence electrons. The summed E-state index contributed by atoms with van der Waals surface area (Å²) in [4.78, 5) is 14.8. The Morgan fingerprint density at radius 1 is 1.43 bits per heavy atom. The average Bonchev–Trinajstić information content (AvgIpc) is 3.02. The molecular weight excluding hydrogens is 264 g/mol. The van der Waals surface area contributed by atoms with Crippen molar-refractivity contribution in [2.45, 2.75) is 51.9 Å². The summed E-state index contributed by atoms with van der Waals surface area (Å²) < 4.78 is 2.02. The van der Waals surface area contributed by atoms with Crippen LogP contribution < -0.4 is 0 Å². The maximum atomic E-state index is 12.7. The summed E-state index contributed by atoms with van der Waals surface area (Å²) in [6, 6.07) is 0. The van der Waals surface area contributed by atoms with Crippen molar-refractivity contribution in [3.8, 4) is 0 Å². The lowest BCUT2D eigenvalue weighted by Crippen LogP contribution is -2.39. The molecule has 1 atom stereocenters. The van der Waals surface area contributed by atoms with Crippen LogP contribution in [0.5, 0.6) is 0 Å². The number of rotatable bonds is 4. The van der Waals surface area contributed by atoms with Crippen LogP contribution in [0.3, 0.4) is 0 Å². The van der Waals surface area contributed by atoms with Crippen molar-refractivity contribution in [3.63, 3.8) is 0 Å². The molecule has 2 aliphatic rings. The lowest BCUT2D eigenvalue weighted by Gasteiger charge is -2.42. The monoisotopic (exact) mass is 290 g/mol. The Labute approximate surface area is 126 Å². The summed E-state index contributed by atoms with van der Waals surface area (Å²) in [5, 5.41) is 8.37. The van der Waals surface area contributed by atoms with Gasteiger partial charge in [-0.1, -0.05) is 20.3 Å². The maximum Gasteiger partial charge on any atom is 0.225 e. The van der Waals surface area contributed by atoms with Crippen LogP contribution in [-0.4, -0.2) is 38.7 Å². The summed E-state index contributed by atoms with van der Waals surface area (Å²) >= 11 is 0. The Balaban J connectivity index is 1.83. The highest BCUT2D eigenvalue weighted by molar-refractivity contribution is 5.79. The minimum Gasteiger partial charge on any atom is -0.341 e. The van der Waals surface area contributed by atoms with Crippen LogP contribution in [0.2, 0.25) is 0 Å². The number of aromatic nitrogens is 3. The number of hydrogen-bond acceptors (Lipinski definition) is 3. The Hall–Kier alpha value is -1.39. The van der Waals surface area contributed by atoms with Gasteiger partial charge in [-0.25, -0.2) is 0 Å². The Morgan fingerprint density at radius 3 is 2.62 bits per heavy atom. The molecule has 0 N–H and O–H groups in total. The Kier molecular flexibility index (Phi) is 3.76. The molecule has 1 aromatic heterocycles. The zero-order chi connectivity index (χ0) is 15.0. The number of amides is 1. The molecule has 5 nitrogen and oxygen atoms in total. The number of carbonyl (C=O) groups excluding carboxylic acids is 1. The van der Waals surface area contributed by atoms with E-state index in [0.717, 1.165) is 31.8 Å². The highest BCUT2D eigenvalue weighted by Gasteiger charge is 2.53. The van der Waals surface area contributed by atoms with E-state index in [-0.39, 0.29) is 11.3 Å². The Morgan fingerprint density at radius 2 is 2.14 bits per heavy atom. The van der Waals surface area contributed by atoms with Gasteiger partial charge in [0.15, 0.2) is 0 Å². The van der Waals surface area contributed by atoms with Crippen molar-refractivity contribution in [1.82, 2.24) is 19.7 Å². The van der Waals surface area contributed by atoms with Gasteiger partial charge in [0.2, 0.25) is 5.91 Å². The second kappa shape index (κ2) is 5.43. The van der Waals surface area contributed by atoms with Crippen LogP contribution in [0.4, 0.5) is 0 Å². The van der Waals surface area contributed by atoms with Crippen molar-refractivity contribution < 1.29 is 4.79 Å². The number of nitrogens with zero attached hydrogens (tertiary/aromatic N) is 4. The first kappa shape index (κ1) is 14.5. The highest BCUT2D eigenvalue weighted by atomic mass is 16.2. The van der Waals surface area contributed by atoms with Gasteiger partial charge >= 0.3 is 0 Å². The summed E-state index contributed by atoms with van der Waals surface area (Å²) in [7, 11) is 2.01. The standard InChI is InChI=1S/C16H26N4O/c1-4-12(5-2)15(21)20-9-13(14-18-17-11-19(14)3)16(10-20)7-6-8-16/h11-13H,4-10H2,1-3H3. The molecule has 1 amide bonds. The molecule has 2 fully saturated rings. The molecular formula is C16H26N4O. The van der Waals surface area contributed by atoms with E-state index in [2.05, 4.69) is 28.9 Å². The van der Waals surface area contributed by atoms with Gasteiger partial charge in [-0.3, -0.25) is 4.79 Å². The van der Waals surface area contributed by atoms with Crippen molar-refractivity contribution in [2.75, 3.05) is 13.1 Å². The van der Waals surface area contributed by atoms with E-state index in [0.29, 0.717) is 11.8 Å². The third kappa shape index (κ3) is 2.27. The molecule has 0 aromatic carbocycles. The van der Waals surface area contributed by atoms with E-state index in [9.17, 15) is 4.79 Å². The van der Waals surface area contributed by atoms with E-state index >= 15 is 0 Å². The summed E-state index contributed by atoms with van der Waals surface area (Å²) in [5.41, 5.74) is 0.266. The number of hydrogen-bond donors (Lipinski definition) is 0. The van der Waals surface area contributed by atoms with Crippen molar-refractivity contribution in [1.29, 1.82) is 0 Å². The molecule has 1 saturated carbocycles. The predicted octanol–water partition coefficient (Wildman–Crippen LogP) is 2.35. The molecule has 1 unspecified atom stereocenters. The number of aryl methyl sites for hydroxylation is 1. The van der Waals surface area contributed by atoms with Gasteiger partial charge in [0.1, 0.15) is 12.2 Å². The van der Waals surface area contributed by atoms with E-state index in [4.69, 9.17) is 0 Å². The lowest BCUT2D eigenvalue weighted by molar-refractivity contribution is -0.135. The molecule has 0 bridgehead atoms. The summed E-state index contributed by atoms with van der Waals surface area (Å²) in [6.45, 7) is 5.96. The first-order valence-corrected chi connectivity index (χ1v) is 8.24. The second-order valence-corrected chi connectivity index (χ2v) is 6.80. The SMILES string of the molecule is CCC(CC)C(=O)N1CC(c2nncn2C)C2(CCC2)C1. The molecule has 1 spiro atoms. The number of carbonyl (C=O) groups is 1. The van der Waals surface area contributed by atoms with Crippen molar-refractivity contribution >= 4 is 5.91 Å². The fraction of sp³-hybridized carbons (Fsp3) is 0.812. The second-order valence-electron chi connectivity index (χ2n) is 6.80. The molecule has 0 radical (unpaired) electrons. The quantitative estimate of drug-likeness (QED) is 0.855. The highest BCUT2D eigenvalue weighted by Crippen LogP contribution is 2.55. The molecule has 5 heteroatoms. The van der Waals surface area contributed by atoms with Crippen LogP contribution in [0.25, 0.3) is 0 Å². The van der Waals surface area contributed by atoms with Gasteiger partial charge in [-0.05, 0) is 31.1 Å². The van der Waals surface area contributed by atoms with Crippen LogP contribution >= 0.6 is 0 Å². The van der Waals surface area contributed by atoms with Gasteiger partial charge in [-0.2, -0.15) is 0 Å². The normalized spacial score (nSPS) is 23.8. The van der Waals surface area contributed by atoms with Gasteiger partial charge < -0.3 is 9.47 Å². The zero-order valence-electron chi connectivity index (χ0n) is 13.4. The smallest absolute Gasteiger partial charge is 0.225 e. The van der Waals surface area contributed by atoms with Crippen LogP contribution in [-0.2, 0) is 11.8 Å². The van der Waals surface area contributed by atoms with E-state index < -0.39 is 0 Å². The lowest BCUT2D eigenvalue weighted by atomic mass is 9.62. The van der Waals surface area contributed by atoms with Gasteiger partial charge in [0.05, 0.1) is 0 Å².